The van der Waals surface area contributed by atoms with Gasteiger partial charge in [-0.1, -0.05) is 27.7 Å². The Morgan fingerprint density at radius 3 is 2.48 bits per heavy atom. The predicted molar refractivity (Wildman–Crippen MR) is 99.8 cm³/mol. The molecule has 1 amide bonds. The van der Waals surface area contributed by atoms with Crippen molar-refractivity contribution in [3.8, 4) is 0 Å². The number of nitrogens with one attached hydrogen (secondary N) is 1. The second kappa shape index (κ2) is 5.96. The van der Waals surface area contributed by atoms with Gasteiger partial charge in [0.1, 0.15) is 0 Å². The number of amides is 1. The van der Waals surface area contributed by atoms with E-state index >= 15 is 0 Å². The van der Waals surface area contributed by atoms with Crippen LogP contribution in [0.25, 0.3) is 0 Å². The molecular formula is C19H35BN2O3. The summed E-state index contributed by atoms with van der Waals surface area (Å²) >= 11 is 0. The molecule has 5 nitrogen and oxygen atoms in total. The molecule has 4 aliphatic rings. The molecule has 25 heavy (non-hydrogen) atoms. The van der Waals surface area contributed by atoms with Crippen molar-refractivity contribution < 1.29 is 14.1 Å². The van der Waals surface area contributed by atoms with E-state index in [1.807, 2.05) is 0 Å². The van der Waals surface area contributed by atoms with Crippen molar-refractivity contribution in [2.24, 2.45) is 28.9 Å². The number of carbonyl (C=O) groups is 1. The van der Waals surface area contributed by atoms with Gasteiger partial charge in [0, 0.05) is 0 Å². The van der Waals surface area contributed by atoms with Crippen LogP contribution in [0.15, 0.2) is 0 Å². The molecule has 6 heteroatoms. The number of hydrogen-bond acceptors (Lipinski definition) is 4. The Hall–Kier alpha value is -0.585. The van der Waals surface area contributed by atoms with E-state index in [-0.39, 0.29) is 30.7 Å². The molecule has 0 aromatic carbocycles. The Balaban J connectivity index is 1.76. The van der Waals surface area contributed by atoms with E-state index in [0.717, 1.165) is 18.8 Å². The van der Waals surface area contributed by atoms with Gasteiger partial charge in [0.05, 0.1) is 23.2 Å². The lowest BCUT2D eigenvalue weighted by Crippen LogP contribution is -2.65. The largest absolute Gasteiger partial charge is 0.481 e. The number of nitrogens with two attached hydrogens (primary N) is 1. The molecule has 3 N–H and O–H groups in total. The van der Waals surface area contributed by atoms with Crippen LogP contribution >= 0.6 is 0 Å². The smallest absolute Gasteiger partial charge is 0.404 e. The van der Waals surface area contributed by atoms with Crippen LogP contribution in [-0.2, 0) is 14.1 Å². The van der Waals surface area contributed by atoms with Gasteiger partial charge in [0.25, 0.3) is 0 Å². The van der Waals surface area contributed by atoms with E-state index in [1.54, 1.807) is 13.8 Å². The lowest BCUT2D eigenvalue weighted by atomic mass is 9.43. The maximum Gasteiger partial charge on any atom is 0.481 e. The molecule has 4 rings (SSSR count). The van der Waals surface area contributed by atoms with Crippen LogP contribution in [0.3, 0.4) is 0 Å². The van der Waals surface area contributed by atoms with Crippen molar-refractivity contribution in [3.05, 3.63) is 0 Å². The van der Waals surface area contributed by atoms with Crippen LogP contribution in [0, 0.1) is 23.2 Å². The van der Waals surface area contributed by atoms with Gasteiger partial charge >= 0.3 is 7.12 Å². The van der Waals surface area contributed by atoms with Crippen molar-refractivity contribution in [2.75, 3.05) is 0 Å². The van der Waals surface area contributed by atoms with Gasteiger partial charge in [0.2, 0.25) is 5.91 Å². The molecule has 0 aromatic heterocycles. The van der Waals surface area contributed by atoms with Crippen LogP contribution in [0.4, 0.5) is 0 Å². The summed E-state index contributed by atoms with van der Waals surface area (Å²) in [7, 11) is -0.390. The third-order valence-electron chi connectivity index (χ3n) is 6.92. The molecule has 0 aromatic rings. The molecule has 5 atom stereocenters. The maximum atomic E-state index is 12.4. The van der Waals surface area contributed by atoms with E-state index in [0.29, 0.717) is 17.3 Å². The summed E-state index contributed by atoms with van der Waals surface area (Å²) in [5.41, 5.74) is 5.13. The summed E-state index contributed by atoms with van der Waals surface area (Å²) in [6.45, 7) is 14.7. The fraction of sp³-hybridized carbons (Fsp3) is 0.947. The first-order valence-electron chi connectivity index (χ1n) is 9.78. The van der Waals surface area contributed by atoms with Crippen molar-refractivity contribution in [1.29, 1.82) is 0 Å². The molecule has 4 fully saturated rings. The minimum Gasteiger partial charge on any atom is -0.404 e. The fourth-order valence-electron chi connectivity index (χ4n) is 5.17. The lowest BCUT2D eigenvalue weighted by Gasteiger charge is -2.64. The second-order valence-electron chi connectivity index (χ2n) is 10.3. The highest BCUT2D eigenvalue weighted by atomic mass is 16.7. The fourth-order valence-corrected chi connectivity index (χ4v) is 5.17. The Morgan fingerprint density at radius 2 is 1.96 bits per heavy atom. The molecule has 3 saturated carbocycles. The first-order valence-corrected chi connectivity index (χ1v) is 9.78. The predicted octanol–water partition coefficient (Wildman–Crippen LogP) is 2.52. The monoisotopic (exact) mass is 350 g/mol. The second-order valence-corrected chi connectivity index (χ2v) is 10.3. The van der Waals surface area contributed by atoms with Crippen molar-refractivity contribution in [3.63, 3.8) is 0 Å². The average Bonchev–Trinajstić information content (AvgIpc) is 2.81. The molecule has 5 unspecified atom stereocenters. The zero-order valence-corrected chi connectivity index (χ0v) is 16.9. The summed E-state index contributed by atoms with van der Waals surface area (Å²) in [6, 6.07) is 0. The number of hydrogen-bond donors (Lipinski definition) is 2. The highest BCUT2D eigenvalue weighted by molar-refractivity contribution is 6.48. The van der Waals surface area contributed by atoms with Crippen molar-refractivity contribution >= 4 is 13.0 Å². The summed E-state index contributed by atoms with van der Waals surface area (Å²) < 4.78 is 12.9. The Labute approximate surface area is 152 Å². The molecule has 3 aliphatic carbocycles. The van der Waals surface area contributed by atoms with Gasteiger partial charge in [0.15, 0.2) is 0 Å². The highest BCUT2D eigenvalue weighted by Crippen LogP contribution is 2.65. The van der Waals surface area contributed by atoms with Gasteiger partial charge in [-0.25, -0.2) is 0 Å². The van der Waals surface area contributed by atoms with E-state index < -0.39 is 5.54 Å². The van der Waals surface area contributed by atoms with Crippen LogP contribution in [0.5, 0.6) is 0 Å². The molecule has 1 saturated heterocycles. The van der Waals surface area contributed by atoms with Gasteiger partial charge in [-0.2, -0.15) is 0 Å². The zero-order chi connectivity index (χ0) is 18.8. The molecule has 1 aliphatic heterocycles. The standard InChI is InChI=1S/C19H35BN2O3/c1-11(2)8-15(22-16(23)18(5,6)21)20-24-14-10-12-9-13(17(12,3)4)19(14,7)25-20/h11-15H,8-10,21H2,1-7H3,(H,22,23). The lowest BCUT2D eigenvalue weighted by molar-refractivity contribution is -0.199. The van der Waals surface area contributed by atoms with E-state index in [9.17, 15) is 4.79 Å². The molecule has 142 valence electrons. The van der Waals surface area contributed by atoms with E-state index in [1.165, 1.54) is 6.42 Å². The topological polar surface area (TPSA) is 73.6 Å². The number of carbonyl (C=O) groups excluding carboxylic acids is 1. The molecule has 2 bridgehead atoms. The van der Waals surface area contributed by atoms with Crippen molar-refractivity contribution in [1.82, 2.24) is 5.32 Å². The van der Waals surface area contributed by atoms with Crippen LogP contribution in [0.2, 0.25) is 0 Å². The zero-order valence-electron chi connectivity index (χ0n) is 16.9. The van der Waals surface area contributed by atoms with Gasteiger partial charge < -0.3 is 20.4 Å². The van der Waals surface area contributed by atoms with Gasteiger partial charge in [-0.05, 0) is 63.2 Å². The highest BCUT2D eigenvalue weighted by Gasteiger charge is 2.68. The third kappa shape index (κ3) is 3.15. The van der Waals surface area contributed by atoms with Gasteiger partial charge in [-0.15, -0.1) is 0 Å². The maximum absolute atomic E-state index is 12.4. The molecular weight excluding hydrogens is 315 g/mol. The summed E-state index contributed by atoms with van der Waals surface area (Å²) in [6.07, 6.45) is 3.23. The normalized spacial score (nSPS) is 37.5. The summed E-state index contributed by atoms with van der Waals surface area (Å²) in [5.74, 6) is 1.35. The Kier molecular flexibility index (Phi) is 4.58. The quantitative estimate of drug-likeness (QED) is 0.748. The Bertz CT molecular complexity index is 545. The molecule has 0 spiro atoms. The average molecular weight is 350 g/mol. The first-order chi connectivity index (χ1) is 11.4. The van der Waals surface area contributed by atoms with Crippen LogP contribution in [-0.4, -0.2) is 36.2 Å². The number of rotatable bonds is 5. The van der Waals surface area contributed by atoms with Crippen molar-refractivity contribution in [2.45, 2.75) is 90.9 Å². The first kappa shape index (κ1) is 19.2. The molecule has 1 heterocycles. The summed E-state index contributed by atoms with van der Waals surface area (Å²) in [4.78, 5) is 12.4. The summed E-state index contributed by atoms with van der Waals surface area (Å²) in [5, 5.41) is 3.09. The van der Waals surface area contributed by atoms with Crippen LogP contribution < -0.4 is 11.1 Å². The van der Waals surface area contributed by atoms with Gasteiger partial charge in [-0.3, -0.25) is 4.79 Å². The SMILES string of the molecule is CC(C)CC(NC(=O)C(C)(C)N)B1OC2CC3CC(C3(C)C)C2(C)O1. The van der Waals surface area contributed by atoms with E-state index in [4.69, 9.17) is 15.0 Å². The van der Waals surface area contributed by atoms with E-state index in [2.05, 4.69) is 39.9 Å². The Morgan fingerprint density at radius 1 is 1.32 bits per heavy atom. The minimum atomic E-state index is -0.909. The molecule has 0 radical (unpaired) electrons. The minimum absolute atomic E-state index is 0.131. The van der Waals surface area contributed by atoms with Crippen LogP contribution in [0.1, 0.15) is 67.7 Å². The third-order valence-corrected chi connectivity index (χ3v) is 6.92.